The van der Waals surface area contributed by atoms with Gasteiger partial charge in [0.25, 0.3) is 0 Å². The average Bonchev–Trinajstić information content (AvgIpc) is 2.48. The van der Waals surface area contributed by atoms with Crippen molar-refractivity contribution in [2.24, 2.45) is 0 Å². The molecule has 0 radical (unpaired) electrons. The van der Waals surface area contributed by atoms with Crippen LogP contribution in [0.2, 0.25) is 0 Å². The molecular formula is C16H22BF3KNO4. The quantitative estimate of drug-likeness (QED) is 0.514. The third kappa shape index (κ3) is 9.41. The van der Waals surface area contributed by atoms with Crippen molar-refractivity contribution in [1.29, 1.82) is 0 Å². The van der Waals surface area contributed by atoms with Gasteiger partial charge in [0.2, 0.25) is 0 Å². The Labute approximate surface area is 194 Å². The van der Waals surface area contributed by atoms with Gasteiger partial charge in [-0.1, -0.05) is 30.3 Å². The second-order valence-electron chi connectivity index (χ2n) is 6.57. The predicted octanol–water partition coefficient (Wildman–Crippen LogP) is 0.398. The zero-order valence-corrected chi connectivity index (χ0v) is 18.8. The second-order valence-corrected chi connectivity index (χ2v) is 6.57. The topological polar surface area (TPSA) is 55.8 Å². The average molecular weight is 399 g/mol. The molecule has 5 nitrogen and oxygen atoms in total. The summed E-state index contributed by atoms with van der Waals surface area (Å²) in [6, 6.07) is 6.99. The molecule has 0 saturated heterocycles. The van der Waals surface area contributed by atoms with E-state index in [-0.39, 0.29) is 57.8 Å². The van der Waals surface area contributed by atoms with Crippen LogP contribution >= 0.6 is 0 Å². The molecule has 0 aromatic heterocycles. The Morgan fingerprint density at radius 2 is 1.69 bits per heavy atom. The van der Waals surface area contributed by atoms with Crippen LogP contribution in [0.25, 0.3) is 0 Å². The van der Waals surface area contributed by atoms with E-state index in [0.29, 0.717) is 10.5 Å². The van der Waals surface area contributed by atoms with Crippen molar-refractivity contribution in [2.75, 3.05) is 13.6 Å². The van der Waals surface area contributed by atoms with Gasteiger partial charge in [0.15, 0.2) is 0 Å². The summed E-state index contributed by atoms with van der Waals surface area (Å²) in [5.74, 6) is -0.935. The first-order valence-corrected chi connectivity index (χ1v) is 7.75. The number of nitrogens with zero attached hydrogens (tertiary/aromatic N) is 1. The van der Waals surface area contributed by atoms with Crippen LogP contribution in [0.3, 0.4) is 0 Å². The normalized spacial score (nSPS) is 12.6. The number of benzene rings is 1. The second kappa shape index (κ2) is 10.7. The van der Waals surface area contributed by atoms with Crippen molar-refractivity contribution in [3.05, 3.63) is 35.9 Å². The zero-order chi connectivity index (χ0) is 19.3. The van der Waals surface area contributed by atoms with Gasteiger partial charge in [-0.2, -0.15) is 0 Å². The fraction of sp³-hybridized carbons (Fsp3) is 0.500. The van der Waals surface area contributed by atoms with E-state index in [9.17, 15) is 22.5 Å². The molecule has 0 saturated carbocycles. The minimum absolute atomic E-state index is 0. The summed E-state index contributed by atoms with van der Waals surface area (Å²) in [7, 11) is 1.06. The van der Waals surface area contributed by atoms with Crippen molar-refractivity contribution in [3.8, 4) is 0 Å². The molecule has 0 spiro atoms. The molecule has 0 aliphatic carbocycles. The number of carbonyl (C=O) groups is 2. The first kappa shape index (κ1) is 25.5. The number of hydrogen-bond acceptors (Lipinski definition) is 4. The van der Waals surface area contributed by atoms with Gasteiger partial charge in [-0.25, -0.2) is 9.59 Å². The standard InChI is InChI=1S/C16H22BF3NO4.K/c1-16(2,3)25-15(23)21(11-17(18,19)20)13(14(22)24-4)10-12-8-6-5-7-9-12;/h5-9,13H,10-11H2,1-4H3;/q-1;+1/t13-;/m1./s1. The van der Waals surface area contributed by atoms with Crippen LogP contribution in [0.4, 0.5) is 17.7 Å². The Kier molecular flexibility index (Phi) is 10.5. The minimum Gasteiger partial charge on any atom is -0.467 e. The molecule has 1 aromatic rings. The molecule has 0 unspecified atom stereocenters. The molecule has 0 N–H and O–H groups in total. The van der Waals surface area contributed by atoms with Crippen LogP contribution in [0.15, 0.2) is 30.3 Å². The Bertz CT molecular complexity index is 593. The number of esters is 1. The monoisotopic (exact) mass is 399 g/mol. The van der Waals surface area contributed by atoms with Crippen molar-refractivity contribution in [2.45, 2.75) is 38.8 Å². The number of halogens is 3. The summed E-state index contributed by atoms with van der Waals surface area (Å²) in [6.07, 6.45) is -2.88. The first-order valence-electron chi connectivity index (χ1n) is 7.75. The molecule has 0 aliphatic heterocycles. The molecule has 1 rings (SSSR count). The van der Waals surface area contributed by atoms with Gasteiger partial charge in [0.05, 0.1) is 7.11 Å². The smallest absolute Gasteiger partial charge is 0.467 e. The number of amides is 1. The molecule has 26 heavy (non-hydrogen) atoms. The molecule has 0 aliphatic rings. The maximum atomic E-state index is 13.0. The summed E-state index contributed by atoms with van der Waals surface area (Å²) in [5, 5.41) is 0. The summed E-state index contributed by atoms with van der Waals surface area (Å²) in [6.45, 7) is -0.761. The third-order valence-electron chi connectivity index (χ3n) is 3.15. The largest absolute Gasteiger partial charge is 1.00 e. The maximum Gasteiger partial charge on any atom is 1.00 e. The van der Waals surface area contributed by atoms with E-state index < -0.39 is 37.1 Å². The van der Waals surface area contributed by atoms with Crippen molar-refractivity contribution >= 4 is 19.0 Å². The van der Waals surface area contributed by atoms with E-state index in [1.165, 1.54) is 20.8 Å². The van der Waals surface area contributed by atoms with Gasteiger partial charge in [-0.05, 0) is 32.8 Å². The SMILES string of the molecule is COC(=O)[C@@H](Cc1ccccc1)N(C[B-](F)(F)F)C(=O)OC(C)(C)C.[K+]. The summed E-state index contributed by atoms with van der Waals surface area (Å²) in [5.41, 5.74) is -0.400. The number of carbonyl (C=O) groups excluding carboxylic acids is 2. The molecule has 1 atom stereocenters. The number of methoxy groups -OCH3 is 1. The number of hydrogen-bond donors (Lipinski definition) is 0. The molecule has 140 valence electrons. The number of rotatable bonds is 6. The summed E-state index contributed by atoms with van der Waals surface area (Å²) in [4.78, 5) is 24.8. The zero-order valence-electron chi connectivity index (χ0n) is 15.7. The van der Waals surface area contributed by atoms with Gasteiger partial charge in [-0.15, -0.1) is 0 Å². The Morgan fingerprint density at radius 1 is 1.15 bits per heavy atom. The van der Waals surface area contributed by atoms with Crippen LogP contribution in [0, 0.1) is 0 Å². The minimum atomic E-state index is -5.36. The van der Waals surface area contributed by atoms with Crippen LogP contribution in [-0.4, -0.2) is 49.1 Å². The van der Waals surface area contributed by atoms with Crippen molar-refractivity contribution in [1.82, 2.24) is 4.90 Å². The first-order chi connectivity index (χ1) is 11.4. The maximum absolute atomic E-state index is 13.0. The Morgan fingerprint density at radius 3 is 2.12 bits per heavy atom. The molecule has 1 amide bonds. The van der Waals surface area contributed by atoms with E-state index in [1.54, 1.807) is 30.3 Å². The van der Waals surface area contributed by atoms with Gasteiger partial charge in [0, 0.05) is 6.42 Å². The van der Waals surface area contributed by atoms with E-state index in [2.05, 4.69) is 4.74 Å². The van der Waals surface area contributed by atoms with E-state index in [4.69, 9.17) is 4.74 Å². The van der Waals surface area contributed by atoms with Crippen LogP contribution in [-0.2, 0) is 20.7 Å². The van der Waals surface area contributed by atoms with E-state index in [0.717, 1.165) is 7.11 Å². The van der Waals surface area contributed by atoms with E-state index in [1.807, 2.05) is 0 Å². The molecule has 10 heteroatoms. The van der Waals surface area contributed by atoms with Gasteiger partial charge in [0.1, 0.15) is 11.6 Å². The molecular weight excluding hydrogens is 377 g/mol. The van der Waals surface area contributed by atoms with Gasteiger partial charge < -0.3 is 27.3 Å². The summed E-state index contributed by atoms with van der Waals surface area (Å²) < 4.78 is 48.7. The molecule has 0 bridgehead atoms. The molecule has 1 aromatic carbocycles. The van der Waals surface area contributed by atoms with E-state index >= 15 is 0 Å². The van der Waals surface area contributed by atoms with Crippen LogP contribution < -0.4 is 51.4 Å². The Balaban J connectivity index is 0.00000625. The van der Waals surface area contributed by atoms with Crippen LogP contribution in [0.5, 0.6) is 0 Å². The Hall–Kier alpha value is -0.549. The predicted molar refractivity (Wildman–Crippen MR) is 88.0 cm³/mol. The van der Waals surface area contributed by atoms with Crippen LogP contribution in [0.1, 0.15) is 26.3 Å². The fourth-order valence-electron chi connectivity index (χ4n) is 2.17. The molecule has 0 heterocycles. The van der Waals surface area contributed by atoms with Crippen molar-refractivity contribution < 1.29 is 83.4 Å². The fourth-order valence-corrected chi connectivity index (χ4v) is 2.17. The van der Waals surface area contributed by atoms with Gasteiger partial charge >= 0.3 is 70.4 Å². The summed E-state index contributed by atoms with van der Waals surface area (Å²) >= 11 is 0. The third-order valence-corrected chi connectivity index (χ3v) is 3.15. The molecule has 0 fully saturated rings. The van der Waals surface area contributed by atoms with Crippen molar-refractivity contribution in [3.63, 3.8) is 0 Å². The number of ether oxygens (including phenoxy) is 2. The van der Waals surface area contributed by atoms with Gasteiger partial charge in [-0.3, -0.25) is 0 Å².